The molecule has 0 aliphatic carbocycles. The van der Waals surface area contributed by atoms with E-state index in [1.165, 1.54) is 0 Å². The molecule has 0 fully saturated rings. The van der Waals surface area contributed by atoms with Gasteiger partial charge in [0.2, 0.25) is 5.82 Å². The van der Waals surface area contributed by atoms with E-state index in [0.29, 0.717) is 17.4 Å². The van der Waals surface area contributed by atoms with Crippen LogP contribution in [-0.2, 0) is 4.74 Å². The summed E-state index contributed by atoms with van der Waals surface area (Å²) in [6.45, 7) is 6.04. The molecule has 5 heteroatoms. The van der Waals surface area contributed by atoms with E-state index >= 15 is 0 Å². The van der Waals surface area contributed by atoms with E-state index in [1.54, 1.807) is 7.11 Å². The largest absolute Gasteiger partial charge is 0.399 e. The Balaban J connectivity index is 2.43. The van der Waals surface area contributed by atoms with Gasteiger partial charge in [-0.2, -0.15) is 4.98 Å². The Morgan fingerprint density at radius 3 is 2.74 bits per heavy atom. The third-order valence-corrected chi connectivity index (χ3v) is 3.31. The molecule has 1 aromatic carbocycles. The maximum Gasteiger partial charge on any atom is 0.258 e. The number of hydrogen-bond donors (Lipinski definition) is 1. The van der Waals surface area contributed by atoms with Gasteiger partial charge in [0.15, 0.2) is 0 Å². The molecule has 1 unspecified atom stereocenters. The first-order valence-electron chi connectivity index (χ1n) is 6.30. The first-order valence-corrected chi connectivity index (χ1v) is 6.30. The number of nitrogens with zero attached hydrogens (tertiary/aromatic N) is 2. The minimum absolute atomic E-state index is 0.139. The number of hydrogen-bond acceptors (Lipinski definition) is 5. The van der Waals surface area contributed by atoms with Crippen LogP contribution in [0.25, 0.3) is 11.5 Å². The molecule has 0 aliphatic rings. The average molecular weight is 261 g/mol. The van der Waals surface area contributed by atoms with Crippen LogP contribution in [0.5, 0.6) is 0 Å². The Morgan fingerprint density at radius 2 is 2.11 bits per heavy atom. The number of rotatable bonds is 4. The van der Waals surface area contributed by atoms with Crippen molar-refractivity contribution in [2.45, 2.75) is 33.3 Å². The van der Waals surface area contributed by atoms with Gasteiger partial charge >= 0.3 is 0 Å². The van der Waals surface area contributed by atoms with Crippen LogP contribution in [-0.4, -0.2) is 17.3 Å². The lowest BCUT2D eigenvalue weighted by molar-refractivity contribution is 0.0903. The molecule has 5 nitrogen and oxygen atoms in total. The zero-order chi connectivity index (χ0) is 14.0. The fourth-order valence-electron chi connectivity index (χ4n) is 2.04. The normalized spacial score (nSPS) is 12.6. The summed E-state index contributed by atoms with van der Waals surface area (Å²) in [6.07, 6.45) is 0.657. The lowest BCUT2D eigenvalue weighted by atomic mass is 10.0. The van der Waals surface area contributed by atoms with Crippen molar-refractivity contribution in [3.8, 4) is 11.5 Å². The molecule has 2 rings (SSSR count). The Hall–Kier alpha value is -1.88. The molecule has 2 aromatic rings. The first-order chi connectivity index (χ1) is 9.06. The first kappa shape index (κ1) is 13.5. The van der Waals surface area contributed by atoms with Crippen molar-refractivity contribution >= 4 is 5.69 Å². The summed E-state index contributed by atoms with van der Waals surface area (Å²) < 4.78 is 10.6. The summed E-state index contributed by atoms with van der Waals surface area (Å²) in [5.74, 6) is 1.05. The second-order valence-electron chi connectivity index (χ2n) is 4.60. The molecule has 1 atom stereocenters. The summed E-state index contributed by atoms with van der Waals surface area (Å²) in [4.78, 5) is 4.41. The lowest BCUT2D eigenvalue weighted by Gasteiger charge is -2.07. The van der Waals surface area contributed by atoms with E-state index in [2.05, 4.69) is 10.1 Å². The summed E-state index contributed by atoms with van der Waals surface area (Å²) in [5.41, 5.74) is 9.64. The van der Waals surface area contributed by atoms with Crippen molar-refractivity contribution in [1.82, 2.24) is 10.1 Å². The SMILES string of the molecule is CCC(OC)c1noc(-c2cc(N)cc(C)c2C)n1. The van der Waals surface area contributed by atoms with Crippen molar-refractivity contribution in [2.75, 3.05) is 12.8 Å². The molecule has 0 spiro atoms. The van der Waals surface area contributed by atoms with E-state index in [4.69, 9.17) is 15.0 Å². The number of nitrogens with two attached hydrogens (primary N) is 1. The van der Waals surface area contributed by atoms with Crippen LogP contribution in [0.2, 0.25) is 0 Å². The Labute approximate surface area is 112 Å². The van der Waals surface area contributed by atoms with Crippen LogP contribution in [0, 0.1) is 13.8 Å². The predicted molar refractivity (Wildman–Crippen MR) is 73.7 cm³/mol. The molecule has 19 heavy (non-hydrogen) atoms. The van der Waals surface area contributed by atoms with Crippen molar-refractivity contribution in [1.29, 1.82) is 0 Å². The zero-order valence-electron chi connectivity index (χ0n) is 11.7. The van der Waals surface area contributed by atoms with Crippen molar-refractivity contribution < 1.29 is 9.26 Å². The Kier molecular flexibility index (Phi) is 3.85. The summed E-state index contributed by atoms with van der Waals surface area (Å²) in [5, 5.41) is 3.98. The van der Waals surface area contributed by atoms with Crippen LogP contribution < -0.4 is 5.73 Å². The number of anilines is 1. The van der Waals surface area contributed by atoms with Gasteiger partial charge in [-0.25, -0.2) is 0 Å². The summed E-state index contributed by atoms with van der Waals surface area (Å²) in [7, 11) is 1.64. The van der Waals surface area contributed by atoms with Crippen LogP contribution >= 0.6 is 0 Å². The minimum atomic E-state index is -0.139. The number of methoxy groups -OCH3 is 1. The highest BCUT2D eigenvalue weighted by Crippen LogP contribution is 2.28. The number of aromatic nitrogens is 2. The molecule has 1 aromatic heterocycles. The second kappa shape index (κ2) is 5.40. The van der Waals surface area contributed by atoms with E-state index in [1.807, 2.05) is 32.9 Å². The average Bonchev–Trinajstić information content (AvgIpc) is 2.85. The molecule has 102 valence electrons. The molecule has 0 bridgehead atoms. The van der Waals surface area contributed by atoms with E-state index in [-0.39, 0.29) is 6.10 Å². The number of nitrogen functional groups attached to an aromatic ring is 1. The Morgan fingerprint density at radius 1 is 1.37 bits per heavy atom. The van der Waals surface area contributed by atoms with E-state index in [0.717, 1.165) is 23.1 Å². The van der Waals surface area contributed by atoms with Gasteiger partial charge < -0.3 is 15.0 Å². The van der Waals surface area contributed by atoms with Gasteiger partial charge in [-0.1, -0.05) is 12.1 Å². The van der Waals surface area contributed by atoms with Crippen LogP contribution in [0.3, 0.4) is 0 Å². The molecule has 1 heterocycles. The molecule has 0 aliphatic heterocycles. The maximum atomic E-state index is 5.87. The van der Waals surface area contributed by atoms with Gasteiger partial charge in [-0.05, 0) is 43.5 Å². The third-order valence-electron chi connectivity index (χ3n) is 3.31. The number of ether oxygens (including phenoxy) is 1. The smallest absolute Gasteiger partial charge is 0.258 e. The monoisotopic (exact) mass is 261 g/mol. The summed E-state index contributed by atoms with van der Waals surface area (Å²) >= 11 is 0. The molecular weight excluding hydrogens is 242 g/mol. The highest BCUT2D eigenvalue weighted by molar-refractivity contribution is 5.66. The highest BCUT2D eigenvalue weighted by Gasteiger charge is 2.18. The van der Waals surface area contributed by atoms with Gasteiger partial charge in [-0.15, -0.1) is 0 Å². The van der Waals surface area contributed by atoms with Crippen molar-refractivity contribution in [3.05, 3.63) is 29.1 Å². The van der Waals surface area contributed by atoms with Crippen molar-refractivity contribution in [2.24, 2.45) is 0 Å². The number of aryl methyl sites for hydroxylation is 1. The Bertz CT molecular complexity index is 574. The fraction of sp³-hybridized carbons (Fsp3) is 0.429. The zero-order valence-corrected chi connectivity index (χ0v) is 11.7. The molecular formula is C14H19N3O2. The predicted octanol–water partition coefficient (Wildman–Crippen LogP) is 3.03. The minimum Gasteiger partial charge on any atom is -0.399 e. The second-order valence-corrected chi connectivity index (χ2v) is 4.60. The van der Waals surface area contributed by atoms with E-state index in [9.17, 15) is 0 Å². The van der Waals surface area contributed by atoms with Crippen LogP contribution in [0.1, 0.15) is 36.4 Å². The van der Waals surface area contributed by atoms with E-state index < -0.39 is 0 Å². The molecule has 0 amide bonds. The van der Waals surface area contributed by atoms with Gasteiger partial charge in [0.25, 0.3) is 5.89 Å². The van der Waals surface area contributed by atoms with Gasteiger partial charge in [0, 0.05) is 18.4 Å². The topological polar surface area (TPSA) is 74.2 Å². The van der Waals surface area contributed by atoms with Gasteiger partial charge in [0.05, 0.1) is 0 Å². The molecule has 0 radical (unpaired) electrons. The van der Waals surface area contributed by atoms with Gasteiger partial charge in [-0.3, -0.25) is 0 Å². The lowest BCUT2D eigenvalue weighted by Crippen LogP contribution is -2.01. The van der Waals surface area contributed by atoms with Crippen molar-refractivity contribution in [3.63, 3.8) is 0 Å². The quantitative estimate of drug-likeness (QED) is 0.856. The van der Waals surface area contributed by atoms with Crippen LogP contribution in [0.15, 0.2) is 16.7 Å². The standard InChI is InChI=1S/C14H19N3O2/c1-5-12(18-4)13-16-14(19-17-13)11-7-10(15)6-8(2)9(11)3/h6-7,12H,5,15H2,1-4H3. The molecule has 0 saturated heterocycles. The molecule has 0 saturated carbocycles. The maximum absolute atomic E-state index is 5.87. The highest BCUT2D eigenvalue weighted by atomic mass is 16.5. The van der Waals surface area contributed by atoms with Crippen LogP contribution in [0.4, 0.5) is 5.69 Å². The molecule has 2 N–H and O–H groups in total. The fourth-order valence-corrected chi connectivity index (χ4v) is 2.04. The van der Waals surface area contributed by atoms with Gasteiger partial charge in [0.1, 0.15) is 6.10 Å². The summed E-state index contributed by atoms with van der Waals surface area (Å²) in [6, 6.07) is 3.79. The number of benzene rings is 1. The third kappa shape index (κ3) is 2.61.